The van der Waals surface area contributed by atoms with Gasteiger partial charge in [-0.05, 0) is 44.7 Å². The largest absolute Gasteiger partial charge is 0.329 e. The van der Waals surface area contributed by atoms with Crippen LogP contribution < -0.4 is 5.73 Å². The SMILES string of the molecule is CCN(CC)C1CCN(C(C)(CN)C2(C)CC2)C1. The second-order valence-corrected chi connectivity index (χ2v) is 6.65. The highest BCUT2D eigenvalue weighted by molar-refractivity contribution is 5.11. The summed E-state index contributed by atoms with van der Waals surface area (Å²) in [6, 6.07) is 0.744. The van der Waals surface area contributed by atoms with Gasteiger partial charge >= 0.3 is 0 Å². The van der Waals surface area contributed by atoms with Crippen LogP contribution in [0.3, 0.4) is 0 Å². The summed E-state index contributed by atoms with van der Waals surface area (Å²) in [5.74, 6) is 0. The van der Waals surface area contributed by atoms with Gasteiger partial charge in [0, 0.05) is 31.2 Å². The molecule has 0 aromatic heterocycles. The number of nitrogens with two attached hydrogens (primary N) is 1. The van der Waals surface area contributed by atoms with E-state index in [2.05, 4.69) is 37.5 Å². The molecule has 0 bridgehead atoms. The molecule has 2 atom stereocenters. The molecular weight excluding hydrogens is 222 g/mol. The van der Waals surface area contributed by atoms with Crippen LogP contribution in [-0.2, 0) is 0 Å². The van der Waals surface area contributed by atoms with Gasteiger partial charge in [-0.1, -0.05) is 20.8 Å². The molecule has 0 spiro atoms. The van der Waals surface area contributed by atoms with E-state index in [1.807, 2.05) is 0 Å². The van der Waals surface area contributed by atoms with Crippen molar-refractivity contribution in [2.24, 2.45) is 11.1 Å². The van der Waals surface area contributed by atoms with Gasteiger partial charge in [0.05, 0.1) is 0 Å². The minimum atomic E-state index is 0.217. The van der Waals surface area contributed by atoms with Gasteiger partial charge in [0.15, 0.2) is 0 Å². The Morgan fingerprint density at radius 2 is 1.94 bits per heavy atom. The molecule has 1 aliphatic carbocycles. The second-order valence-electron chi connectivity index (χ2n) is 6.65. The minimum absolute atomic E-state index is 0.217. The minimum Gasteiger partial charge on any atom is -0.329 e. The summed E-state index contributed by atoms with van der Waals surface area (Å²) in [5, 5.41) is 0. The number of nitrogens with zero attached hydrogens (tertiary/aromatic N) is 2. The zero-order valence-electron chi connectivity index (χ0n) is 12.7. The Balaban J connectivity index is 2.03. The lowest BCUT2D eigenvalue weighted by Gasteiger charge is -2.44. The quantitative estimate of drug-likeness (QED) is 0.785. The van der Waals surface area contributed by atoms with E-state index in [0.717, 1.165) is 12.6 Å². The first-order chi connectivity index (χ1) is 8.50. The van der Waals surface area contributed by atoms with Crippen LogP contribution in [-0.4, -0.2) is 54.1 Å². The van der Waals surface area contributed by atoms with Gasteiger partial charge in [0.25, 0.3) is 0 Å². The summed E-state index contributed by atoms with van der Waals surface area (Å²) in [6.07, 6.45) is 4.02. The summed E-state index contributed by atoms with van der Waals surface area (Å²) in [4.78, 5) is 5.29. The summed E-state index contributed by atoms with van der Waals surface area (Å²) < 4.78 is 0. The molecule has 2 fully saturated rings. The summed E-state index contributed by atoms with van der Waals surface area (Å²) in [5.41, 5.74) is 6.83. The van der Waals surface area contributed by atoms with Crippen molar-refractivity contribution in [2.45, 2.75) is 58.5 Å². The topological polar surface area (TPSA) is 32.5 Å². The first-order valence-corrected chi connectivity index (χ1v) is 7.70. The zero-order valence-corrected chi connectivity index (χ0v) is 12.7. The van der Waals surface area contributed by atoms with Crippen LogP contribution in [0.1, 0.15) is 47.0 Å². The summed E-state index contributed by atoms with van der Waals surface area (Å²) in [6.45, 7) is 14.9. The van der Waals surface area contributed by atoms with E-state index in [4.69, 9.17) is 5.73 Å². The maximum Gasteiger partial charge on any atom is 0.0357 e. The monoisotopic (exact) mass is 253 g/mol. The van der Waals surface area contributed by atoms with E-state index in [9.17, 15) is 0 Å². The molecule has 1 heterocycles. The van der Waals surface area contributed by atoms with Gasteiger partial charge in [-0.15, -0.1) is 0 Å². The molecule has 2 N–H and O–H groups in total. The third kappa shape index (κ3) is 2.21. The van der Waals surface area contributed by atoms with E-state index in [1.165, 1.54) is 45.4 Å². The number of rotatable bonds is 6. The highest BCUT2D eigenvalue weighted by Crippen LogP contribution is 2.56. The predicted molar refractivity (Wildman–Crippen MR) is 77.7 cm³/mol. The van der Waals surface area contributed by atoms with Crippen molar-refractivity contribution in [1.29, 1.82) is 0 Å². The Bertz CT molecular complexity index is 283. The molecule has 1 saturated heterocycles. The zero-order chi connectivity index (χ0) is 13.4. The lowest BCUT2D eigenvalue weighted by molar-refractivity contribution is 0.0619. The highest BCUT2D eigenvalue weighted by atomic mass is 15.3. The van der Waals surface area contributed by atoms with Crippen LogP contribution in [0.2, 0.25) is 0 Å². The van der Waals surface area contributed by atoms with Gasteiger partial charge in [-0.3, -0.25) is 9.80 Å². The molecular formula is C15H31N3. The standard InChI is InChI=1S/C15H31N3/c1-5-17(6-2)13-7-10-18(11-13)15(4,12-16)14(3)8-9-14/h13H,5-12,16H2,1-4H3. The van der Waals surface area contributed by atoms with Gasteiger partial charge < -0.3 is 5.73 Å². The highest BCUT2D eigenvalue weighted by Gasteiger charge is 2.56. The molecule has 1 saturated carbocycles. The molecule has 1 aliphatic heterocycles. The average molecular weight is 253 g/mol. The van der Waals surface area contributed by atoms with Gasteiger partial charge in [-0.2, -0.15) is 0 Å². The molecule has 18 heavy (non-hydrogen) atoms. The molecule has 3 heteroatoms. The Hall–Kier alpha value is -0.120. The molecule has 2 aliphatic rings. The van der Waals surface area contributed by atoms with Crippen molar-refractivity contribution in [1.82, 2.24) is 9.80 Å². The first-order valence-electron chi connectivity index (χ1n) is 7.70. The van der Waals surface area contributed by atoms with E-state index in [0.29, 0.717) is 5.41 Å². The Morgan fingerprint density at radius 3 is 2.39 bits per heavy atom. The maximum absolute atomic E-state index is 6.14. The molecule has 0 aromatic carbocycles. The third-order valence-electron chi connectivity index (χ3n) is 5.89. The predicted octanol–water partition coefficient (Wildman–Crippen LogP) is 1.92. The number of hydrogen-bond donors (Lipinski definition) is 1. The van der Waals surface area contributed by atoms with E-state index in [-0.39, 0.29) is 5.54 Å². The van der Waals surface area contributed by atoms with E-state index >= 15 is 0 Å². The van der Waals surface area contributed by atoms with Crippen molar-refractivity contribution in [2.75, 3.05) is 32.7 Å². The van der Waals surface area contributed by atoms with Gasteiger partial charge in [0.2, 0.25) is 0 Å². The second kappa shape index (κ2) is 5.10. The van der Waals surface area contributed by atoms with E-state index in [1.54, 1.807) is 0 Å². The van der Waals surface area contributed by atoms with Crippen molar-refractivity contribution >= 4 is 0 Å². The maximum atomic E-state index is 6.14. The van der Waals surface area contributed by atoms with Crippen molar-refractivity contribution < 1.29 is 0 Å². The molecule has 106 valence electrons. The molecule has 0 radical (unpaired) electrons. The first kappa shape index (κ1) is 14.3. The number of likely N-dealkylation sites (N-methyl/N-ethyl adjacent to an activating group) is 1. The Morgan fingerprint density at radius 1 is 1.33 bits per heavy atom. The normalized spacial score (nSPS) is 30.7. The Kier molecular flexibility index (Phi) is 4.05. The summed E-state index contributed by atoms with van der Waals surface area (Å²) in [7, 11) is 0. The molecule has 0 amide bonds. The van der Waals surface area contributed by atoms with Crippen LogP contribution in [0.5, 0.6) is 0 Å². The van der Waals surface area contributed by atoms with Crippen LogP contribution in [0, 0.1) is 5.41 Å². The molecule has 0 aromatic rings. The smallest absolute Gasteiger partial charge is 0.0357 e. The third-order valence-corrected chi connectivity index (χ3v) is 5.89. The van der Waals surface area contributed by atoms with Crippen LogP contribution in [0.25, 0.3) is 0 Å². The van der Waals surface area contributed by atoms with Gasteiger partial charge in [-0.25, -0.2) is 0 Å². The summed E-state index contributed by atoms with van der Waals surface area (Å²) >= 11 is 0. The molecule has 3 nitrogen and oxygen atoms in total. The Labute approximate surface area is 113 Å². The van der Waals surface area contributed by atoms with Crippen molar-refractivity contribution in [3.05, 3.63) is 0 Å². The van der Waals surface area contributed by atoms with Crippen LogP contribution >= 0.6 is 0 Å². The lowest BCUT2D eigenvalue weighted by Crippen LogP contribution is -2.56. The fourth-order valence-electron chi connectivity index (χ4n) is 3.71. The fourth-order valence-corrected chi connectivity index (χ4v) is 3.71. The van der Waals surface area contributed by atoms with Gasteiger partial charge in [0.1, 0.15) is 0 Å². The lowest BCUT2D eigenvalue weighted by atomic mass is 9.82. The fraction of sp³-hybridized carbons (Fsp3) is 1.00. The molecule has 2 unspecified atom stereocenters. The number of likely N-dealkylation sites (tertiary alicyclic amines) is 1. The van der Waals surface area contributed by atoms with Crippen LogP contribution in [0.15, 0.2) is 0 Å². The number of hydrogen-bond acceptors (Lipinski definition) is 3. The van der Waals surface area contributed by atoms with Crippen LogP contribution in [0.4, 0.5) is 0 Å². The average Bonchev–Trinajstić information content (AvgIpc) is 2.95. The van der Waals surface area contributed by atoms with Crippen molar-refractivity contribution in [3.8, 4) is 0 Å². The molecule has 2 rings (SSSR count). The van der Waals surface area contributed by atoms with Crippen molar-refractivity contribution in [3.63, 3.8) is 0 Å². The van der Waals surface area contributed by atoms with E-state index < -0.39 is 0 Å².